The average molecular weight is 239 g/mol. The Kier molecular flexibility index (Phi) is 2.83. The van der Waals surface area contributed by atoms with Crippen LogP contribution in [0, 0.1) is 6.92 Å². The van der Waals surface area contributed by atoms with E-state index in [-0.39, 0.29) is 5.56 Å². The van der Waals surface area contributed by atoms with Crippen LogP contribution in [0.5, 0.6) is 0 Å². The van der Waals surface area contributed by atoms with Crippen molar-refractivity contribution in [1.82, 2.24) is 0 Å². The van der Waals surface area contributed by atoms with Crippen LogP contribution >= 0.6 is 0 Å². The fraction of sp³-hybridized carbons (Fsp3) is 0.231. The smallest absolute Gasteiger partial charge is 0.316 e. The van der Waals surface area contributed by atoms with Crippen molar-refractivity contribution >= 4 is 10.8 Å². The van der Waals surface area contributed by atoms with Crippen LogP contribution in [0.2, 0.25) is 0 Å². The Morgan fingerprint density at radius 2 is 1.76 bits per heavy atom. The minimum Gasteiger partial charge on any atom is -0.316 e. The molecule has 1 nitrogen and oxygen atoms in total. The second-order valence-electron chi connectivity index (χ2n) is 4.09. The van der Waals surface area contributed by atoms with Gasteiger partial charge < -0.3 is 5.73 Å². The van der Waals surface area contributed by atoms with Crippen molar-refractivity contribution in [2.24, 2.45) is 5.73 Å². The number of rotatable bonds is 1. The first-order valence-electron chi connectivity index (χ1n) is 5.21. The molecule has 0 saturated carbocycles. The number of nitrogens with two attached hydrogens (primary N) is 1. The van der Waals surface area contributed by atoms with Gasteiger partial charge >= 0.3 is 6.18 Å². The summed E-state index contributed by atoms with van der Waals surface area (Å²) in [6.07, 6.45) is -4.42. The van der Waals surface area contributed by atoms with Crippen LogP contribution in [-0.4, -0.2) is 6.18 Å². The number of halogens is 3. The van der Waals surface area contributed by atoms with E-state index in [1.807, 2.05) is 6.07 Å². The van der Waals surface area contributed by atoms with Crippen LogP contribution in [0.4, 0.5) is 13.2 Å². The van der Waals surface area contributed by atoms with Gasteiger partial charge in [-0.15, -0.1) is 0 Å². The summed E-state index contributed by atoms with van der Waals surface area (Å²) in [5, 5.41) is 1.34. The van der Waals surface area contributed by atoms with Gasteiger partial charge in [0.1, 0.15) is 6.04 Å². The molecule has 90 valence electrons. The molecule has 0 aromatic heterocycles. The molecule has 4 heteroatoms. The molecule has 0 heterocycles. The van der Waals surface area contributed by atoms with Crippen LogP contribution in [0.1, 0.15) is 17.2 Å². The zero-order valence-corrected chi connectivity index (χ0v) is 9.25. The van der Waals surface area contributed by atoms with E-state index < -0.39 is 12.2 Å². The Morgan fingerprint density at radius 1 is 1.12 bits per heavy atom. The maximum atomic E-state index is 12.7. The SMILES string of the molecule is Cc1cc([C@H](N)C(F)(F)F)c2ccccc2c1. The van der Waals surface area contributed by atoms with Gasteiger partial charge in [0.05, 0.1) is 0 Å². The summed E-state index contributed by atoms with van der Waals surface area (Å²) in [5.74, 6) is 0. The summed E-state index contributed by atoms with van der Waals surface area (Å²) < 4.78 is 38.0. The number of hydrogen-bond acceptors (Lipinski definition) is 1. The number of benzene rings is 2. The van der Waals surface area contributed by atoms with Crippen LogP contribution in [0.3, 0.4) is 0 Å². The third-order valence-electron chi connectivity index (χ3n) is 2.73. The van der Waals surface area contributed by atoms with Crippen LogP contribution < -0.4 is 5.73 Å². The topological polar surface area (TPSA) is 26.0 Å². The van der Waals surface area contributed by atoms with Gasteiger partial charge in [0.25, 0.3) is 0 Å². The second kappa shape index (κ2) is 4.04. The Labute approximate surface area is 97.0 Å². The molecule has 0 unspecified atom stereocenters. The van der Waals surface area contributed by atoms with Crippen molar-refractivity contribution in [3.05, 3.63) is 47.5 Å². The Bertz CT molecular complexity index is 546. The predicted octanol–water partition coefficient (Wildman–Crippen LogP) is 3.71. The second-order valence-corrected chi connectivity index (χ2v) is 4.09. The molecule has 2 aromatic carbocycles. The molecule has 17 heavy (non-hydrogen) atoms. The van der Waals surface area contributed by atoms with Gasteiger partial charge in [-0.1, -0.05) is 42.0 Å². The molecule has 0 aliphatic heterocycles. The fourth-order valence-electron chi connectivity index (χ4n) is 1.93. The summed E-state index contributed by atoms with van der Waals surface area (Å²) >= 11 is 0. The lowest BCUT2D eigenvalue weighted by Crippen LogP contribution is -2.28. The van der Waals surface area contributed by atoms with Crippen LogP contribution in [0.15, 0.2) is 36.4 Å². The van der Waals surface area contributed by atoms with Gasteiger partial charge in [0.15, 0.2) is 0 Å². The van der Waals surface area contributed by atoms with Crippen molar-refractivity contribution in [3.63, 3.8) is 0 Å². The number of alkyl halides is 3. The first-order valence-corrected chi connectivity index (χ1v) is 5.21. The van der Waals surface area contributed by atoms with Gasteiger partial charge in [-0.2, -0.15) is 13.2 Å². The normalized spacial score (nSPS) is 13.9. The molecule has 0 aliphatic carbocycles. The van der Waals surface area contributed by atoms with Gasteiger partial charge in [0, 0.05) is 0 Å². The molecular weight excluding hydrogens is 227 g/mol. The Hall–Kier alpha value is -1.55. The average Bonchev–Trinajstić information content (AvgIpc) is 2.25. The maximum absolute atomic E-state index is 12.7. The summed E-state index contributed by atoms with van der Waals surface area (Å²) in [6, 6.07) is 8.37. The molecule has 0 amide bonds. The van der Waals surface area contributed by atoms with Crippen molar-refractivity contribution < 1.29 is 13.2 Å². The lowest BCUT2D eigenvalue weighted by Gasteiger charge is -2.18. The largest absolute Gasteiger partial charge is 0.407 e. The monoisotopic (exact) mass is 239 g/mol. The number of aryl methyl sites for hydroxylation is 1. The summed E-state index contributed by atoms with van der Waals surface area (Å²) in [7, 11) is 0. The first-order chi connectivity index (χ1) is 7.89. The van der Waals surface area contributed by atoms with Gasteiger partial charge in [0.2, 0.25) is 0 Å². The highest BCUT2D eigenvalue weighted by atomic mass is 19.4. The molecule has 0 fully saturated rings. The van der Waals surface area contributed by atoms with Crippen molar-refractivity contribution in [2.75, 3.05) is 0 Å². The minimum atomic E-state index is -4.42. The van der Waals surface area contributed by atoms with E-state index in [0.717, 1.165) is 10.9 Å². The highest BCUT2D eigenvalue weighted by molar-refractivity contribution is 5.87. The Balaban J connectivity index is 2.68. The van der Waals surface area contributed by atoms with E-state index in [0.29, 0.717) is 5.39 Å². The summed E-state index contributed by atoms with van der Waals surface area (Å²) in [5.41, 5.74) is 6.19. The van der Waals surface area contributed by atoms with E-state index in [4.69, 9.17) is 5.73 Å². The van der Waals surface area contributed by atoms with E-state index in [1.54, 1.807) is 31.2 Å². The summed E-state index contributed by atoms with van der Waals surface area (Å²) in [6.45, 7) is 1.76. The van der Waals surface area contributed by atoms with E-state index in [2.05, 4.69) is 0 Å². The summed E-state index contributed by atoms with van der Waals surface area (Å²) in [4.78, 5) is 0. The van der Waals surface area contributed by atoms with E-state index >= 15 is 0 Å². The lowest BCUT2D eigenvalue weighted by atomic mass is 9.96. The van der Waals surface area contributed by atoms with Gasteiger partial charge in [-0.3, -0.25) is 0 Å². The predicted molar refractivity (Wildman–Crippen MR) is 61.7 cm³/mol. The van der Waals surface area contributed by atoms with Crippen molar-refractivity contribution in [2.45, 2.75) is 19.1 Å². The maximum Gasteiger partial charge on any atom is 0.407 e. The first kappa shape index (κ1) is 11.9. The van der Waals surface area contributed by atoms with Crippen molar-refractivity contribution in [3.8, 4) is 0 Å². The zero-order chi connectivity index (χ0) is 12.6. The minimum absolute atomic E-state index is 0.133. The van der Waals surface area contributed by atoms with E-state index in [9.17, 15) is 13.2 Å². The number of fused-ring (bicyclic) bond motifs is 1. The highest BCUT2D eigenvalue weighted by Gasteiger charge is 2.38. The van der Waals surface area contributed by atoms with Crippen molar-refractivity contribution in [1.29, 1.82) is 0 Å². The van der Waals surface area contributed by atoms with Crippen LogP contribution in [0.25, 0.3) is 10.8 Å². The molecule has 2 N–H and O–H groups in total. The third-order valence-corrected chi connectivity index (χ3v) is 2.73. The standard InChI is InChI=1S/C13H12F3N/c1-8-6-9-4-2-3-5-10(9)11(7-8)12(17)13(14,15)16/h2-7,12H,17H2,1H3/t12-/m0/s1. The third kappa shape index (κ3) is 2.26. The fourth-order valence-corrected chi connectivity index (χ4v) is 1.93. The van der Waals surface area contributed by atoms with Gasteiger partial charge in [-0.05, 0) is 23.3 Å². The molecule has 2 aromatic rings. The molecule has 0 spiro atoms. The molecule has 0 bridgehead atoms. The van der Waals surface area contributed by atoms with E-state index in [1.165, 1.54) is 6.07 Å². The molecular formula is C13H12F3N. The molecule has 1 atom stereocenters. The van der Waals surface area contributed by atoms with Gasteiger partial charge in [-0.25, -0.2) is 0 Å². The molecule has 0 saturated heterocycles. The molecule has 0 aliphatic rings. The number of hydrogen-bond donors (Lipinski definition) is 1. The highest BCUT2D eigenvalue weighted by Crippen LogP contribution is 2.34. The lowest BCUT2D eigenvalue weighted by molar-refractivity contribution is -0.148. The van der Waals surface area contributed by atoms with Crippen LogP contribution in [-0.2, 0) is 0 Å². The molecule has 0 radical (unpaired) electrons. The Morgan fingerprint density at radius 3 is 2.41 bits per heavy atom. The molecule has 2 rings (SSSR count). The zero-order valence-electron chi connectivity index (χ0n) is 9.25. The quantitative estimate of drug-likeness (QED) is 0.806.